The molecular formula is C23H20F3N3O5S. The molecule has 0 aromatic heterocycles. The Hall–Kier alpha value is -3.38. The first-order valence-corrected chi connectivity index (χ1v) is 11.3. The van der Waals surface area contributed by atoms with Crippen molar-refractivity contribution in [1.29, 1.82) is 0 Å². The van der Waals surface area contributed by atoms with E-state index in [0.717, 1.165) is 4.90 Å². The van der Waals surface area contributed by atoms with Gasteiger partial charge in [0.25, 0.3) is 17.7 Å². The van der Waals surface area contributed by atoms with Crippen molar-refractivity contribution in [2.75, 3.05) is 0 Å². The number of nitrogens with zero attached hydrogens (tertiary/aromatic N) is 1. The Morgan fingerprint density at radius 3 is 2.43 bits per heavy atom. The number of halogens is 3. The van der Waals surface area contributed by atoms with Crippen molar-refractivity contribution in [3.8, 4) is 0 Å². The van der Waals surface area contributed by atoms with Gasteiger partial charge in [0.1, 0.15) is 6.23 Å². The quantitative estimate of drug-likeness (QED) is 0.424. The van der Waals surface area contributed by atoms with Crippen LogP contribution in [0.15, 0.2) is 47.4 Å². The monoisotopic (exact) mass is 507 g/mol. The summed E-state index contributed by atoms with van der Waals surface area (Å²) in [7, 11) is 0. The summed E-state index contributed by atoms with van der Waals surface area (Å²) >= 11 is -0.278. The first-order chi connectivity index (χ1) is 16.4. The number of hydrogen-bond acceptors (Lipinski definition) is 6. The minimum atomic E-state index is -4.42. The van der Waals surface area contributed by atoms with Crippen LogP contribution in [-0.4, -0.2) is 50.9 Å². The molecule has 12 heteroatoms. The van der Waals surface area contributed by atoms with Crippen LogP contribution in [0.2, 0.25) is 0 Å². The summed E-state index contributed by atoms with van der Waals surface area (Å²) in [4.78, 5) is 50.9. The molecule has 35 heavy (non-hydrogen) atoms. The third-order valence-electron chi connectivity index (χ3n) is 6.01. The Bertz CT molecular complexity index is 1220. The van der Waals surface area contributed by atoms with Gasteiger partial charge in [-0.15, -0.1) is 0 Å². The number of rotatable bonds is 5. The molecule has 2 aromatic carbocycles. The molecule has 0 bridgehead atoms. The SMILES string of the molecule is C[C@]1(N2C(=O)c3ccc(CNC(=O)c4ccc(SC(F)(F)F)cc4)cc3C2=O)CCC(=O)NC1O. The molecule has 2 aliphatic rings. The number of hydrogen-bond donors (Lipinski definition) is 3. The van der Waals surface area contributed by atoms with Crippen molar-refractivity contribution in [3.05, 3.63) is 64.7 Å². The van der Waals surface area contributed by atoms with Gasteiger partial charge in [-0.2, -0.15) is 13.2 Å². The van der Waals surface area contributed by atoms with Gasteiger partial charge in [-0.1, -0.05) is 6.07 Å². The molecule has 0 aliphatic carbocycles. The highest BCUT2D eigenvalue weighted by Gasteiger charge is 2.52. The third-order valence-corrected chi connectivity index (χ3v) is 6.75. The van der Waals surface area contributed by atoms with E-state index in [9.17, 15) is 37.5 Å². The third kappa shape index (κ3) is 4.89. The van der Waals surface area contributed by atoms with Crippen LogP contribution in [0.4, 0.5) is 13.2 Å². The largest absolute Gasteiger partial charge is 0.446 e. The van der Waals surface area contributed by atoms with Gasteiger partial charge in [0.2, 0.25) is 5.91 Å². The number of aliphatic hydroxyl groups is 1. The number of carbonyl (C=O) groups excluding carboxylic acids is 4. The van der Waals surface area contributed by atoms with Crippen molar-refractivity contribution in [3.63, 3.8) is 0 Å². The molecule has 184 valence electrons. The lowest BCUT2D eigenvalue weighted by Crippen LogP contribution is -2.65. The topological polar surface area (TPSA) is 116 Å². The second-order valence-electron chi connectivity index (χ2n) is 8.41. The number of benzene rings is 2. The van der Waals surface area contributed by atoms with Crippen molar-refractivity contribution in [2.24, 2.45) is 0 Å². The van der Waals surface area contributed by atoms with Crippen molar-refractivity contribution in [2.45, 2.75) is 48.5 Å². The zero-order chi connectivity index (χ0) is 25.5. The number of thioether (sulfide) groups is 1. The van der Waals surface area contributed by atoms with Crippen molar-refractivity contribution < 1.29 is 37.5 Å². The number of nitrogens with one attached hydrogen (secondary N) is 2. The summed E-state index contributed by atoms with van der Waals surface area (Å²) in [5.41, 5.74) is -4.80. The number of imide groups is 1. The van der Waals surface area contributed by atoms with E-state index in [1.807, 2.05) is 0 Å². The highest BCUT2D eigenvalue weighted by molar-refractivity contribution is 8.00. The van der Waals surface area contributed by atoms with Crippen molar-refractivity contribution >= 4 is 35.4 Å². The van der Waals surface area contributed by atoms with E-state index in [0.29, 0.717) is 5.56 Å². The van der Waals surface area contributed by atoms with Crippen LogP contribution in [0.1, 0.15) is 56.4 Å². The molecule has 0 spiro atoms. The van der Waals surface area contributed by atoms with Gasteiger partial charge in [0.05, 0.1) is 16.7 Å². The second kappa shape index (κ2) is 9.00. The molecular weight excluding hydrogens is 487 g/mol. The molecule has 0 radical (unpaired) electrons. The van der Waals surface area contributed by atoms with E-state index in [4.69, 9.17) is 0 Å². The predicted octanol–water partition coefficient (Wildman–Crippen LogP) is 2.81. The summed E-state index contributed by atoms with van der Waals surface area (Å²) < 4.78 is 37.3. The van der Waals surface area contributed by atoms with Crippen molar-refractivity contribution in [1.82, 2.24) is 15.5 Å². The van der Waals surface area contributed by atoms with Gasteiger partial charge in [-0.3, -0.25) is 24.1 Å². The van der Waals surface area contributed by atoms with Crippen LogP contribution in [0.5, 0.6) is 0 Å². The number of carbonyl (C=O) groups is 4. The maximum absolute atomic E-state index is 13.1. The molecule has 2 heterocycles. The summed E-state index contributed by atoms with van der Waals surface area (Å²) in [5, 5.41) is 15.4. The molecule has 1 fully saturated rings. The van der Waals surface area contributed by atoms with Crippen LogP contribution in [-0.2, 0) is 11.3 Å². The lowest BCUT2D eigenvalue weighted by atomic mass is 9.88. The zero-order valence-corrected chi connectivity index (χ0v) is 19.1. The Morgan fingerprint density at radius 1 is 1.14 bits per heavy atom. The Balaban J connectivity index is 1.45. The van der Waals surface area contributed by atoms with Crippen LogP contribution >= 0.6 is 11.8 Å². The Morgan fingerprint density at radius 2 is 1.80 bits per heavy atom. The highest BCUT2D eigenvalue weighted by Crippen LogP contribution is 2.37. The molecule has 3 N–H and O–H groups in total. The number of piperidine rings is 1. The van der Waals surface area contributed by atoms with Gasteiger partial charge in [-0.05, 0) is 67.1 Å². The predicted molar refractivity (Wildman–Crippen MR) is 118 cm³/mol. The summed E-state index contributed by atoms with van der Waals surface area (Å²) in [5.74, 6) is -2.10. The molecule has 2 aromatic rings. The van der Waals surface area contributed by atoms with E-state index in [1.54, 1.807) is 6.07 Å². The molecule has 2 aliphatic heterocycles. The molecule has 4 rings (SSSR count). The van der Waals surface area contributed by atoms with Gasteiger partial charge in [-0.25, -0.2) is 0 Å². The van der Waals surface area contributed by atoms with Crippen LogP contribution in [0, 0.1) is 0 Å². The van der Waals surface area contributed by atoms with Gasteiger partial charge < -0.3 is 15.7 Å². The molecule has 0 saturated carbocycles. The zero-order valence-electron chi connectivity index (χ0n) is 18.3. The minimum Gasteiger partial charge on any atom is -0.371 e. The lowest BCUT2D eigenvalue weighted by molar-refractivity contribution is -0.133. The molecule has 1 unspecified atom stereocenters. The van der Waals surface area contributed by atoms with Gasteiger partial charge in [0, 0.05) is 23.4 Å². The van der Waals surface area contributed by atoms with E-state index >= 15 is 0 Å². The number of fused-ring (bicyclic) bond motifs is 1. The standard InChI is InChI=1S/C23H20F3N3O5S/c1-22(9-8-17(30)28-21(22)34)29-19(32)15-7-2-12(10-16(15)20(29)33)11-27-18(31)13-3-5-14(6-4-13)35-23(24,25)26/h2-7,10,21,34H,8-9,11H2,1H3,(H,27,31)(H,28,30)/t21?,22-/m0/s1. The van der Waals surface area contributed by atoms with Crippen LogP contribution < -0.4 is 10.6 Å². The maximum atomic E-state index is 13.1. The van der Waals surface area contributed by atoms with E-state index in [1.165, 1.54) is 43.3 Å². The molecule has 8 nitrogen and oxygen atoms in total. The number of alkyl halides is 3. The average Bonchev–Trinajstić information content (AvgIpc) is 3.04. The average molecular weight is 507 g/mol. The van der Waals surface area contributed by atoms with Gasteiger partial charge in [0.15, 0.2) is 0 Å². The summed E-state index contributed by atoms with van der Waals surface area (Å²) in [6, 6.07) is 9.45. The first-order valence-electron chi connectivity index (χ1n) is 10.5. The van der Waals surface area contributed by atoms with E-state index < -0.39 is 35.0 Å². The second-order valence-corrected chi connectivity index (χ2v) is 9.55. The smallest absolute Gasteiger partial charge is 0.371 e. The fourth-order valence-electron chi connectivity index (χ4n) is 4.07. The van der Waals surface area contributed by atoms with E-state index in [2.05, 4.69) is 10.6 Å². The van der Waals surface area contributed by atoms with Crippen LogP contribution in [0.25, 0.3) is 0 Å². The fraction of sp³-hybridized carbons (Fsp3) is 0.304. The molecule has 2 atom stereocenters. The first kappa shape index (κ1) is 24.7. The van der Waals surface area contributed by atoms with Crippen LogP contribution in [0.3, 0.4) is 0 Å². The number of amides is 4. The Kier molecular flexibility index (Phi) is 6.36. The molecule has 4 amide bonds. The minimum absolute atomic E-state index is 0.00257. The van der Waals surface area contributed by atoms with E-state index in [-0.39, 0.29) is 58.6 Å². The summed E-state index contributed by atoms with van der Waals surface area (Å²) in [6.07, 6.45) is -1.26. The van der Waals surface area contributed by atoms with Gasteiger partial charge >= 0.3 is 5.51 Å². The number of aliphatic hydroxyl groups excluding tert-OH is 1. The lowest BCUT2D eigenvalue weighted by Gasteiger charge is -2.43. The highest BCUT2D eigenvalue weighted by atomic mass is 32.2. The Labute approximate surface area is 201 Å². The normalized spacial score (nSPS) is 22.1. The fourth-order valence-corrected chi connectivity index (χ4v) is 4.61. The molecule has 1 saturated heterocycles. The maximum Gasteiger partial charge on any atom is 0.446 e. The summed E-state index contributed by atoms with van der Waals surface area (Å²) in [6.45, 7) is 1.53.